The van der Waals surface area contributed by atoms with Crippen molar-refractivity contribution in [1.29, 1.82) is 0 Å². The molecule has 4 saturated heterocycles. The van der Waals surface area contributed by atoms with E-state index in [1.54, 1.807) is 0 Å². The van der Waals surface area contributed by atoms with Crippen LogP contribution in [0.1, 0.15) is 56.2 Å². The average Bonchev–Trinajstić information content (AvgIpc) is 4.34. The first-order chi connectivity index (χ1) is 37.0. The minimum absolute atomic E-state index is 0.0134. The van der Waals surface area contributed by atoms with Crippen LogP contribution in [0.5, 0.6) is 0 Å². The predicted molar refractivity (Wildman–Crippen MR) is 258 cm³/mol. The number of rotatable bonds is 20. The lowest BCUT2D eigenvalue weighted by Crippen LogP contribution is -2.33. The summed E-state index contributed by atoms with van der Waals surface area (Å²) in [5.41, 5.74) is 16.0. The predicted octanol–water partition coefficient (Wildman–Crippen LogP) is -1.46. The minimum Gasteiger partial charge on any atom is -0.394 e. The Kier molecular flexibility index (Phi) is 15.6. The molecule has 4 aliphatic rings. The van der Waals surface area contributed by atoms with Crippen molar-refractivity contribution in [2.24, 2.45) is 0 Å². The fourth-order valence-corrected chi connectivity index (χ4v) is 12.0. The van der Waals surface area contributed by atoms with Crippen LogP contribution in [-0.2, 0) is 59.8 Å². The number of phosphoric ester groups is 3. The third-order valence-corrected chi connectivity index (χ3v) is 16.0. The number of nitrogens with two attached hydrogens (primary N) is 3. The number of aliphatic hydroxyl groups excluding tert-OH is 2. The van der Waals surface area contributed by atoms with Gasteiger partial charge in [-0.25, -0.2) is 53.2 Å². The summed E-state index contributed by atoms with van der Waals surface area (Å²) in [5.74, 6) is 0.0482. The van der Waals surface area contributed by atoms with E-state index in [-0.39, 0.29) is 64.6 Å². The molecule has 4 aliphatic heterocycles. The largest absolute Gasteiger partial charge is 0.472 e. The molecule has 10 rings (SSSR count). The maximum absolute atomic E-state index is 14.0. The zero-order chi connectivity index (χ0) is 55.4. The molecule has 0 bridgehead atoms. The Morgan fingerprint density at radius 3 is 1.59 bits per heavy atom. The smallest absolute Gasteiger partial charge is 0.394 e. The Morgan fingerprint density at radius 1 is 0.641 bits per heavy atom. The number of aryl methyl sites for hydroxylation is 1. The highest BCUT2D eigenvalue weighted by atomic mass is 31.2. The van der Waals surface area contributed by atoms with Gasteiger partial charge in [0.2, 0.25) is 0 Å². The van der Waals surface area contributed by atoms with Crippen LogP contribution in [0.25, 0.3) is 22.3 Å². The van der Waals surface area contributed by atoms with Crippen molar-refractivity contribution in [2.45, 2.75) is 106 Å². The van der Waals surface area contributed by atoms with Gasteiger partial charge in [0.25, 0.3) is 5.56 Å². The Labute approximate surface area is 435 Å². The summed E-state index contributed by atoms with van der Waals surface area (Å²) in [5, 5.41) is 20.8. The number of aromatic amines is 1. The third-order valence-electron chi connectivity index (χ3n) is 12.9. The number of H-pyrrole nitrogens is 1. The lowest BCUT2D eigenvalue weighted by Gasteiger charge is -2.25. The van der Waals surface area contributed by atoms with Crippen molar-refractivity contribution in [3.63, 3.8) is 0 Å². The third kappa shape index (κ3) is 11.9. The molecule has 6 aromatic rings. The molecule has 422 valence electrons. The number of aromatic nitrogens is 12. The monoisotopic (exact) mass is 1160 g/mol. The molecule has 39 heteroatoms. The molecular formula is C39H50N15O21P3. The zero-order valence-electron chi connectivity index (χ0n) is 40.4. The molecule has 0 spiro atoms. The van der Waals surface area contributed by atoms with Crippen LogP contribution in [0.15, 0.2) is 58.2 Å². The second-order valence-corrected chi connectivity index (χ2v) is 22.3. The van der Waals surface area contributed by atoms with Crippen molar-refractivity contribution >= 4 is 63.2 Å². The molecule has 0 amide bonds. The number of imidazole rings is 2. The molecule has 10 heterocycles. The number of hydrogen-bond acceptors (Lipinski definition) is 28. The van der Waals surface area contributed by atoms with Crippen molar-refractivity contribution in [3.8, 4) is 0 Å². The maximum atomic E-state index is 14.0. The minimum atomic E-state index is -5.34. The standard InChI is InChI=1S/C39H50N15O21P3/c1-17-8-52(39(59)50-37(17)57)28-6-20(74-76(60,61)66-10-23-18(56)4-27(70-23)51-3-2-26(40)49-38(51)58)24(71-28)11-68-78(64,65)75-21-7-30(54-16-48-32-34(42)44-14-46-36(32)54)72-25(21)12-67-77(62,63)73-19-5-29(69-22(19)9-55)53-15-47-31-33(41)43-13-45-35(31)53/h2-3,8,13-16,18-25,27-30,55-56H,4-7,9-12H2,1H3,(H,60,61)(H,62,63)(H,64,65)(H2,40,49,58)(H2,41,43,45)(H2,42,44,46)(H,50,57,59)/t18-,19-,20-,21-,22+,23+,24+,25+,27+,28+,29+,30+/m0/s1. The van der Waals surface area contributed by atoms with Crippen molar-refractivity contribution < 1.29 is 84.7 Å². The fourth-order valence-electron chi connectivity index (χ4n) is 9.16. The van der Waals surface area contributed by atoms with Gasteiger partial charge >= 0.3 is 34.8 Å². The summed E-state index contributed by atoms with van der Waals surface area (Å²) in [7, 11) is -15.7. The second-order valence-electron chi connectivity index (χ2n) is 18.1. The van der Waals surface area contributed by atoms with Gasteiger partial charge in [-0.15, -0.1) is 0 Å². The number of nitrogen functional groups attached to an aromatic ring is 3. The zero-order valence-corrected chi connectivity index (χ0v) is 43.1. The van der Waals surface area contributed by atoms with Crippen molar-refractivity contribution in [1.82, 2.24) is 58.1 Å². The molecule has 15 atom stereocenters. The SMILES string of the molecule is Cc1cn([C@H]2C[C@H](OP(=O)(O)OC[C@H]3O[C@@H](n4ccc(N)nc4=O)C[C@@H]3O)[C@@H](COP(=O)(O)O[C@H]3C[C@H](n4cnc5c(N)ncnc54)O[C@@H]3COP(=O)(O)O[C@H]3C[C@H](n4cnc5c(N)ncnc54)O[C@@H]3CO)O2)c(=O)[nH]c1=O. The number of hydrogen-bond donors (Lipinski definition) is 9. The van der Waals surface area contributed by atoms with Gasteiger partial charge in [0.15, 0.2) is 22.9 Å². The average molecular weight is 1160 g/mol. The number of fused-ring (bicyclic) bond motifs is 2. The van der Waals surface area contributed by atoms with Gasteiger partial charge in [0.05, 0.1) is 45.2 Å². The van der Waals surface area contributed by atoms with E-state index >= 15 is 0 Å². The van der Waals surface area contributed by atoms with Crippen LogP contribution < -0.4 is 34.1 Å². The molecule has 0 aromatic carbocycles. The van der Waals surface area contributed by atoms with E-state index in [4.69, 9.17) is 63.3 Å². The maximum Gasteiger partial charge on any atom is 0.472 e. The van der Waals surface area contributed by atoms with E-state index in [1.807, 2.05) is 0 Å². The number of ether oxygens (including phenoxy) is 4. The van der Waals surface area contributed by atoms with Crippen LogP contribution in [0, 0.1) is 6.92 Å². The first kappa shape index (κ1) is 55.5. The molecule has 0 saturated carbocycles. The molecular weight excluding hydrogens is 1110 g/mol. The summed E-state index contributed by atoms with van der Waals surface area (Å²) < 4.78 is 102. The summed E-state index contributed by atoms with van der Waals surface area (Å²) in [6.45, 7) is -1.80. The van der Waals surface area contributed by atoms with Gasteiger partial charge in [-0.05, 0) is 13.0 Å². The van der Waals surface area contributed by atoms with E-state index < -0.39 is 147 Å². The van der Waals surface area contributed by atoms with Gasteiger partial charge in [-0.1, -0.05) is 0 Å². The summed E-state index contributed by atoms with van der Waals surface area (Å²) in [4.78, 5) is 101. The van der Waals surface area contributed by atoms with Gasteiger partial charge in [0.1, 0.15) is 97.1 Å². The highest BCUT2D eigenvalue weighted by Crippen LogP contribution is 2.54. The van der Waals surface area contributed by atoms with Crippen LogP contribution in [0.2, 0.25) is 0 Å². The Hall–Kier alpha value is -5.85. The highest BCUT2D eigenvalue weighted by Gasteiger charge is 2.48. The Balaban J connectivity index is 0.829. The van der Waals surface area contributed by atoms with Crippen LogP contribution in [0.3, 0.4) is 0 Å². The van der Waals surface area contributed by atoms with Crippen LogP contribution in [-0.4, -0.2) is 158 Å². The normalized spacial score (nSPS) is 29.8. The summed E-state index contributed by atoms with van der Waals surface area (Å²) >= 11 is 0. The number of nitrogens with one attached hydrogen (secondary N) is 1. The molecule has 0 radical (unpaired) electrons. The Morgan fingerprint density at radius 2 is 1.09 bits per heavy atom. The quantitative estimate of drug-likeness (QED) is 0.0394. The van der Waals surface area contributed by atoms with E-state index in [0.717, 1.165) is 21.7 Å². The van der Waals surface area contributed by atoms with Gasteiger partial charge in [-0.2, -0.15) is 4.98 Å². The van der Waals surface area contributed by atoms with E-state index in [9.17, 15) is 53.0 Å². The molecule has 4 fully saturated rings. The first-order valence-corrected chi connectivity index (χ1v) is 27.9. The molecule has 12 N–H and O–H groups in total. The second kappa shape index (κ2) is 22.0. The number of phosphoric acid groups is 3. The van der Waals surface area contributed by atoms with E-state index in [0.29, 0.717) is 0 Å². The summed E-state index contributed by atoms with van der Waals surface area (Å²) in [6.07, 6.45) is -9.04. The van der Waals surface area contributed by atoms with Gasteiger partial charge < -0.3 is 61.0 Å². The van der Waals surface area contributed by atoms with Crippen LogP contribution >= 0.6 is 23.5 Å². The van der Waals surface area contributed by atoms with Crippen molar-refractivity contribution in [3.05, 3.63) is 80.7 Å². The van der Waals surface area contributed by atoms with E-state index in [2.05, 4.69) is 39.9 Å². The van der Waals surface area contributed by atoms with Gasteiger partial charge in [0, 0.05) is 43.6 Å². The highest BCUT2D eigenvalue weighted by molar-refractivity contribution is 7.48. The topological polar surface area (TPSA) is 500 Å². The molecule has 3 unspecified atom stereocenters. The number of aliphatic hydroxyl groups is 2. The fraction of sp³-hybridized carbons (Fsp3) is 0.538. The number of nitrogens with zero attached hydrogens (tertiary/aromatic N) is 11. The van der Waals surface area contributed by atoms with Gasteiger partial charge in [-0.3, -0.25) is 55.2 Å². The molecule has 78 heavy (non-hydrogen) atoms. The lowest BCUT2D eigenvalue weighted by molar-refractivity contribution is -0.0632. The molecule has 0 aliphatic carbocycles. The molecule has 36 nitrogen and oxygen atoms in total. The summed E-state index contributed by atoms with van der Waals surface area (Å²) in [6, 6.07) is 1.33. The van der Waals surface area contributed by atoms with Crippen LogP contribution in [0.4, 0.5) is 17.5 Å². The van der Waals surface area contributed by atoms with E-state index in [1.165, 1.54) is 47.3 Å². The Bertz CT molecular complexity index is 3530. The van der Waals surface area contributed by atoms with Crippen molar-refractivity contribution in [2.75, 3.05) is 43.6 Å². The number of anilines is 3. The molecule has 6 aromatic heterocycles. The first-order valence-electron chi connectivity index (χ1n) is 23.4. The lowest BCUT2D eigenvalue weighted by atomic mass is 10.2.